The summed E-state index contributed by atoms with van der Waals surface area (Å²) in [6, 6.07) is 5.98. The average Bonchev–Trinajstić information content (AvgIpc) is 2.39. The van der Waals surface area contributed by atoms with Crippen molar-refractivity contribution in [1.82, 2.24) is 10.2 Å². The molecule has 1 aliphatic rings. The molecule has 1 heterocycles. The standard InChI is InChI=1S/C15H24FN3/c1-17-11-12-4-5-15(14(16)10-12)19(3)13-6-8-18(2)9-7-13/h4-5,10,13,17H,6-9,11H2,1-3H3. The molecule has 1 N–H and O–H groups in total. The zero-order valence-corrected chi connectivity index (χ0v) is 12.1. The van der Waals surface area contributed by atoms with Crippen molar-refractivity contribution < 1.29 is 4.39 Å². The molecule has 0 unspecified atom stereocenters. The lowest BCUT2D eigenvalue weighted by Gasteiger charge is -2.36. The molecule has 0 atom stereocenters. The van der Waals surface area contributed by atoms with Crippen LogP contribution in [0.15, 0.2) is 18.2 Å². The summed E-state index contributed by atoms with van der Waals surface area (Å²) in [5.74, 6) is -0.117. The molecule has 1 fully saturated rings. The second-order valence-electron chi connectivity index (χ2n) is 5.46. The fourth-order valence-electron chi connectivity index (χ4n) is 2.73. The Morgan fingerprint density at radius 3 is 2.63 bits per heavy atom. The zero-order valence-electron chi connectivity index (χ0n) is 12.1. The Bertz CT molecular complexity index is 414. The highest BCUT2D eigenvalue weighted by Crippen LogP contribution is 2.25. The van der Waals surface area contributed by atoms with E-state index in [4.69, 9.17) is 0 Å². The van der Waals surface area contributed by atoms with Crippen LogP contribution in [0, 0.1) is 5.82 Å². The number of benzene rings is 1. The average molecular weight is 265 g/mol. The van der Waals surface area contributed by atoms with Crippen molar-refractivity contribution in [2.75, 3.05) is 39.1 Å². The molecule has 4 heteroatoms. The second-order valence-corrected chi connectivity index (χ2v) is 5.46. The van der Waals surface area contributed by atoms with Gasteiger partial charge in [-0.2, -0.15) is 0 Å². The van der Waals surface area contributed by atoms with Gasteiger partial charge in [-0.25, -0.2) is 4.39 Å². The predicted molar refractivity (Wildman–Crippen MR) is 78.1 cm³/mol. The lowest BCUT2D eigenvalue weighted by atomic mass is 10.0. The zero-order chi connectivity index (χ0) is 13.8. The van der Waals surface area contributed by atoms with Crippen LogP contribution in [0.2, 0.25) is 0 Å². The summed E-state index contributed by atoms with van der Waals surface area (Å²) in [5.41, 5.74) is 1.70. The Labute approximate surface area is 115 Å². The van der Waals surface area contributed by atoms with Crippen LogP contribution >= 0.6 is 0 Å². The van der Waals surface area contributed by atoms with E-state index in [1.54, 1.807) is 6.07 Å². The Morgan fingerprint density at radius 2 is 2.05 bits per heavy atom. The summed E-state index contributed by atoms with van der Waals surface area (Å²) in [5, 5.41) is 3.04. The van der Waals surface area contributed by atoms with Gasteiger partial charge in [-0.15, -0.1) is 0 Å². The van der Waals surface area contributed by atoms with Crippen LogP contribution in [0.1, 0.15) is 18.4 Å². The molecule has 0 spiro atoms. The fourth-order valence-corrected chi connectivity index (χ4v) is 2.73. The van der Waals surface area contributed by atoms with Gasteiger partial charge in [-0.3, -0.25) is 0 Å². The van der Waals surface area contributed by atoms with Crippen molar-refractivity contribution in [1.29, 1.82) is 0 Å². The highest BCUT2D eigenvalue weighted by molar-refractivity contribution is 5.49. The lowest BCUT2D eigenvalue weighted by Crippen LogP contribution is -2.42. The number of likely N-dealkylation sites (tertiary alicyclic amines) is 1. The number of piperidine rings is 1. The molecular weight excluding hydrogens is 241 g/mol. The van der Waals surface area contributed by atoms with Crippen LogP contribution < -0.4 is 10.2 Å². The topological polar surface area (TPSA) is 18.5 Å². The van der Waals surface area contributed by atoms with Crippen molar-refractivity contribution in [2.24, 2.45) is 0 Å². The fraction of sp³-hybridized carbons (Fsp3) is 0.600. The van der Waals surface area contributed by atoms with E-state index < -0.39 is 0 Å². The third kappa shape index (κ3) is 3.45. The van der Waals surface area contributed by atoms with E-state index in [2.05, 4.69) is 22.2 Å². The van der Waals surface area contributed by atoms with Crippen LogP contribution in [0.4, 0.5) is 10.1 Å². The second kappa shape index (κ2) is 6.35. The molecule has 0 radical (unpaired) electrons. The molecular formula is C15H24FN3. The van der Waals surface area contributed by atoms with Crippen LogP contribution in [0.25, 0.3) is 0 Å². The molecule has 0 aromatic heterocycles. The van der Waals surface area contributed by atoms with Gasteiger partial charge in [-0.05, 0) is 57.7 Å². The first-order chi connectivity index (χ1) is 9.11. The molecule has 3 nitrogen and oxygen atoms in total. The Kier molecular flexibility index (Phi) is 4.77. The Balaban J connectivity index is 2.08. The van der Waals surface area contributed by atoms with Crippen LogP contribution in [0.5, 0.6) is 0 Å². The monoisotopic (exact) mass is 265 g/mol. The number of halogens is 1. The van der Waals surface area contributed by atoms with Gasteiger partial charge >= 0.3 is 0 Å². The van der Waals surface area contributed by atoms with E-state index in [1.165, 1.54) is 0 Å². The Morgan fingerprint density at radius 1 is 1.37 bits per heavy atom. The van der Waals surface area contributed by atoms with Gasteiger partial charge in [0, 0.05) is 19.6 Å². The van der Waals surface area contributed by atoms with Crippen molar-refractivity contribution >= 4 is 5.69 Å². The van der Waals surface area contributed by atoms with Gasteiger partial charge in [0.05, 0.1) is 5.69 Å². The van der Waals surface area contributed by atoms with Crippen LogP contribution in [-0.2, 0) is 6.54 Å². The summed E-state index contributed by atoms with van der Waals surface area (Å²) in [6.45, 7) is 2.89. The van der Waals surface area contributed by atoms with Crippen LogP contribution in [-0.4, -0.2) is 45.2 Å². The lowest BCUT2D eigenvalue weighted by molar-refractivity contribution is 0.252. The van der Waals surface area contributed by atoms with E-state index in [9.17, 15) is 4.39 Å². The highest BCUT2D eigenvalue weighted by Gasteiger charge is 2.22. The number of nitrogens with one attached hydrogen (secondary N) is 1. The minimum Gasteiger partial charge on any atom is -0.369 e. The van der Waals surface area contributed by atoms with Gasteiger partial charge in [0.15, 0.2) is 0 Å². The summed E-state index contributed by atoms with van der Waals surface area (Å²) in [7, 11) is 6.02. The van der Waals surface area contributed by atoms with E-state index in [0.717, 1.165) is 37.2 Å². The highest BCUT2D eigenvalue weighted by atomic mass is 19.1. The van der Waals surface area contributed by atoms with Gasteiger partial charge in [-0.1, -0.05) is 6.07 Å². The van der Waals surface area contributed by atoms with Crippen molar-refractivity contribution in [3.63, 3.8) is 0 Å². The first-order valence-corrected chi connectivity index (χ1v) is 6.96. The van der Waals surface area contributed by atoms with Gasteiger partial charge in [0.25, 0.3) is 0 Å². The Hall–Kier alpha value is -1.13. The normalized spacial score (nSPS) is 17.7. The first kappa shape index (κ1) is 14.3. The maximum atomic E-state index is 14.2. The van der Waals surface area contributed by atoms with E-state index in [0.29, 0.717) is 12.6 Å². The van der Waals surface area contributed by atoms with Crippen LogP contribution in [0.3, 0.4) is 0 Å². The number of rotatable bonds is 4. The molecule has 0 saturated carbocycles. The smallest absolute Gasteiger partial charge is 0.146 e. The summed E-state index contributed by atoms with van der Waals surface area (Å²) >= 11 is 0. The predicted octanol–water partition coefficient (Wildman–Crippen LogP) is 2.08. The third-order valence-electron chi connectivity index (χ3n) is 4.01. The van der Waals surface area contributed by atoms with Crippen molar-refractivity contribution in [3.8, 4) is 0 Å². The first-order valence-electron chi connectivity index (χ1n) is 6.96. The summed E-state index contributed by atoms with van der Waals surface area (Å²) in [6.07, 6.45) is 2.20. The molecule has 19 heavy (non-hydrogen) atoms. The van der Waals surface area contributed by atoms with Crippen molar-refractivity contribution in [2.45, 2.75) is 25.4 Å². The number of anilines is 1. The molecule has 1 aromatic carbocycles. The number of hydrogen-bond acceptors (Lipinski definition) is 3. The molecule has 1 aliphatic heterocycles. The summed E-state index contributed by atoms with van der Waals surface area (Å²) < 4.78 is 14.2. The molecule has 106 valence electrons. The summed E-state index contributed by atoms with van der Waals surface area (Å²) in [4.78, 5) is 4.43. The largest absolute Gasteiger partial charge is 0.369 e. The van der Waals surface area contributed by atoms with E-state index >= 15 is 0 Å². The maximum absolute atomic E-state index is 14.2. The molecule has 0 bridgehead atoms. The van der Waals surface area contributed by atoms with Gasteiger partial charge in [0.2, 0.25) is 0 Å². The van der Waals surface area contributed by atoms with Gasteiger partial charge in [0.1, 0.15) is 5.82 Å². The molecule has 1 saturated heterocycles. The SMILES string of the molecule is CNCc1ccc(N(C)C2CCN(C)CC2)c(F)c1. The number of hydrogen-bond donors (Lipinski definition) is 1. The van der Waals surface area contributed by atoms with Gasteiger partial charge < -0.3 is 15.1 Å². The van der Waals surface area contributed by atoms with Crippen molar-refractivity contribution in [3.05, 3.63) is 29.6 Å². The molecule has 1 aromatic rings. The maximum Gasteiger partial charge on any atom is 0.146 e. The molecule has 0 aliphatic carbocycles. The molecule has 0 amide bonds. The quantitative estimate of drug-likeness (QED) is 0.899. The van der Waals surface area contributed by atoms with E-state index in [1.807, 2.05) is 26.2 Å². The minimum atomic E-state index is -0.117. The van der Waals surface area contributed by atoms with E-state index in [-0.39, 0.29) is 5.82 Å². The molecule has 2 rings (SSSR count). The minimum absolute atomic E-state index is 0.117. The number of nitrogens with zero attached hydrogens (tertiary/aromatic N) is 2. The third-order valence-corrected chi connectivity index (χ3v) is 4.01.